The van der Waals surface area contributed by atoms with Crippen molar-refractivity contribution in [1.82, 2.24) is 4.98 Å². The van der Waals surface area contributed by atoms with E-state index in [9.17, 15) is 9.59 Å². The molecule has 0 atom stereocenters. The van der Waals surface area contributed by atoms with Crippen LogP contribution in [-0.2, 0) is 0 Å². The highest BCUT2D eigenvalue weighted by atomic mass is 16.2. The molecular weight excluding hydrogens is 324 g/mol. The lowest BCUT2D eigenvalue weighted by Crippen LogP contribution is -2.29. The van der Waals surface area contributed by atoms with Crippen LogP contribution in [0.4, 0.5) is 5.69 Å². The summed E-state index contributed by atoms with van der Waals surface area (Å²) in [6, 6.07) is 20.7. The molecule has 1 aliphatic rings. The van der Waals surface area contributed by atoms with Gasteiger partial charge in [0.2, 0.25) is 0 Å². The third kappa shape index (κ3) is 1.99. The summed E-state index contributed by atoms with van der Waals surface area (Å²) in [6.45, 7) is 1.89. The number of aryl methyl sites for hydroxylation is 1. The van der Waals surface area contributed by atoms with Crippen LogP contribution in [0.25, 0.3) is 21.7 Å². The Morgan fingerprint density at radius 2 is 1.35 bits per heavy atom. The zero-order valence-corrected chi connectivity index (χ0v) is 14.1. The number of rotatable bonds is 1. The molecule has 5 rings (SSSR count). The number of benzene rings is 3. The molecule has 0 radical (unpaired) electrons. The highest BCUT2D eigenvalue weighted by Crippen LogP contribution is 2.34. The first-order chi connectivity index (χ1) is 12.6. The molecule has 0 N–H and O–H groups in total. The van der Waals surface area contributed by atoms with E-state index in [1.54, 1.807) is 18.2 Å². The van der Waals surface area contributed by atoms with Gasteiger partial charge in [-0.2, -0.15) is 0 Å². The molecule has 0 spiro atoms. The number of anilines is 1. The van der Waals surface area contributed by atoms with E-state index >= 15 is 0 Å². The van der Waals surface area contributed by atoms with Gasteiger partial charge in [-0.05, 0) is 42.0 Å². The van der Waals surface area contributed by atoms with Gasteiger partial charge in [-0.1, -0.05) is 42.5 Å². The van der Waals surface area contributed by atoms with Gasteiger partial charge >= 0.3 is 0 Å². The molecule has 0 unspecified atom stereocenters. The average molecular weight is 338 g/mol. The Morgan fingerprint density at radius 1 is 0.731 bits per heavy atom. The van der Waals surface area contributed by atoms with Crippen LogP contribution in [0.1, 0.15) is 26.4 Å². The highest BCUT2D eigenvalue weighted by molar-refractivity contribution is 6.36. The van der Waals surface area contributed by atoms with Crippen molar-refractivity contribution in [2.45, 2.75) is 6.92 Å². The van der Waals surface area contributed by atoms with Crippen LogP contribution >= 0.6 is 0 Å². The zero-order valence-electron chi connectivity index (χ0n) is 14.1. The number of para-hydroxylation sites is 1. The Hall–Kier alpha value is -3.53. The van der Waals surface area contributed by atoms with E-state index in [-0.39, 0.29) is 11.8 Å². The first-order valence-electron chi connectivity index (χ1n) is 8.41. The number of carbonyl (C=O) groups is 2. The molecule has 1 aliphatic heterocycles. The molecule has 0 aliphatic carbocycles. The fourth-order valence-corrected chi connectivity index (χ4v) is 3.56. The van der Waals surface area contributed by atoms with E-state index < -0.39 is 0 Å². The summed E-state index contributed by atoms with van der Waals surface area (Å²) in [4.78, 5) is 31.9. The summed E-state index contributed by atoms with van der Waals surface area (Å²) in [6.07, 6.45) is 0. The van der Waals surface area contributed by atoms with E-state index in [0.29, 0.717) is 22.3 Å². The highest BCUT2D eigenvalue weighted by Gasteiger charge is 2.37. The number of hydrogen-bond acceptors (Lipinski definition) is 3. The van der Waals surface area contributed by atoms with Crippen LogP contribution in [0.2, 0.25) is 0 Å². The Balaban J connectivity index is 1.74. The maximum Gasteiger partial charge on any atom is 0.266 e. The molecule has 2 amide bonds. The number of imide groups is 1. The molecule has 0 fully saturated rings. The molecule has 3 aromatic carbocycles. The Bertz CT molecular complexity index is 1190. The van der Waals surface area contributed by atoms with E-state index in [1.807, 2.05) is 55.5 Å². The van der Waals surface area contributed by atoms with E-state index in [2.05, 4.69) is 4.98 Å². The van der Waals surface area contributed by atoms with Crippen LogP contribution in [0.15, 0.2) is 66.7 Å². The number of nitrogens with zero attached hydrogens (tertiary/aromatic N) is 2. The number of aromatic nitrogens is 1. The minimum atomic E-state index is -0.299. The zero-order chi connectivity index (χ0) is 17.8. The Kier molecular flexibility index (Phi) is 2.97. The second kappa shape index (κ2) is 5.23. The monoisotopic (exact) mass is 338 g/mol. The molecular formula is C22H14N2O2. The summed E-state index contributed by atoms with van der Waals surface area (Å²) in [5.74, 6) is -0.599. The number of amides is 2. The molecule has 0 bridgehead atoms. The number of carbonyl (C=O) groups excluding carboxylic acids is 2. The van der Waals surface area contributed by atoms with Crippen LogP contribution in [0, 0.1) is 6.92 Å². The molecule has 0 saturated carbocycles. The van der Waals surface area contributed by atoms with Gasteiger partial charge in [0, 0.05) is 11.1 Å². The normalized spacial score (nSPS) is 13.7. The molecule has 4 nitrogen and oxygen atoms in total. The van der Waals surface area contributed by atoms with Crippen LogP contribution in [0.3, 0.4) is 0 Å². The second-order valence-corrected chi connectivity index (χ2v) is 6.49. The van der Waals surface area contributed by atoms with Crippen molar-refractivity contribution in [2.75, 3.05) is 4.90 Å². The summed E-state index contributed by atoms with van der Waals surface area (Å²) in [5.41, 5.74) is 2.91. The standard InChI is InChI=1S/C22H14N2O2/c1-13-9-10-14-7-4-8-19(20(14)23-13)24-21(25)17-11-15-5-2-3-6-16(15)12-18(17)22(24)26/h2-12H,1H3. The van der Waals surface area contributed by atoms with Crippen LogP contribution < -0.4 is 4.90 Å². The molecule has 2 heterocycles. The first-order valence-corrected chi connectivity index (χ1v) is 8.41. The summed E-state index contributed by atoms with van der Waals surface area (Å²) in [5, 5.41) is 2.79. The summed E-state index contributed by atoms with van der Waals surface area (Å²) >= 11 is 0. The van der Waals surface area contributed by atoms with Crippen molar-refractivity contribution in [1.29, 1.82) is 0 Å². The van der Waals surface area contributed by atoms with Crippen molar-refractivity contribution in [3.8, 4) is 0 Å². The summed E-state index contributed by atoms with van der Waals surface area (Å²) in [7, 11) is 0. The summed E-state index contributed by atoms with van der Waals surface area (Å²) < 4.78 is 0. The predicted molar refractivity (Wildman–Crippen MR) is 102 cm³/mol. The fraction of sp³-hybridized carbons (Fsp3) is 0.0455. The number of hydrogen-bond donors (Lipinski definition) is 0. The van der Waals surface area contributed by atoms with Crippen molar-refractivity contribution < 1.29 is 9.59 Å². The van der Waals surface area contributed by atoms with E-state index in [1.165, 1.54) is 4.90 Å². The smallest absolute Gasteiger partial charge is 0.266 e. The first kappa shape index (κ1) is 14.8. The van der Waals surface area contributed by atoms with Crippen molar-refractivity contribution in [3.63, 3.8) is 0 Å². The molecule has 0 saturated heterocycles. The van der Waals surface area contributed by atoms with Crippen LogP contribution in [0.5, 0.6) is 0 Å². The molecule has 1 aromatic heterocycles. The Morgan fingerprint density at radius 3 is 2.00 bits per heavy atom. The van der Waals surface area contributed by atoms with Crippen LogP contribution in [-0.4, -0.2) is 16.8 Å². The van der Waals surface area contributed by atoms with Gasteiger partial charge in [0.25, 0.3) is 11.8 Å². The lowest BCUT2D eigenvalue weighted by molar-refractivity contribution is 0.0926. The Labute approximate surface area is 149 Å². The maximum atomic E-state index is 13.1. The largest absolute Gasteiger partial charge is 0.268 e. The third-order valence-corrected chi connectivity index (χ3v) is 4.83. The van der Waals surface area contributed by atoms with Gasteiger partial charge in [-0.3, -0.25) is 14.6 Å². The van der Waals surface area contributed by atoms with Gasteiger partial charge in [0.15, 0.2) is 0 Å². The quantitative estimate of drug-likeness (QED) is 0.480. The lowest BCUT2D eigenvalue weighted by atomic mass is 10.0. The van der Waals surface area contributed by atoms with Gasteiger partial charge in [-0.25, -0.2) is 4.90 Å². The molecule has 26 heavy (non-hydrogen) atoms. The number of pyridine rings is 1. The van der Waals surface area contributed by atoms with Crippen molar-refractivity contribution >= 4 is 39.2 Å². The third-order valence-electron chi connectivity index (χ3n) is 4.83. The van der Waals surface area contributed by atoms with Gasteiger partial charge < -0.3 is 0 Å². The SMILES string of the molecule is Cc1ccc2cccc(N3C(=O)c4cc5ccccc5cc4C3=O)c2n1. The van der Waals surface area contributed by atoms with E-state index in [4.69, 9.17) is 0 Å². The fourth-order valence-electron chi connectivity index (χ4n) is 3.56. The number of fused-ring (bicyclic) bond motifs is 3. The average Bonchev–Trinajstić information content (AvgIpc) is 2.90. The molecule has 124 valence electrons. The lowest BCUT2D eigenvalue weighted by Gasteiger charge is -2.16. The van der Waals surface area contributed by atoms with Gasteiger partial charge in [0.05, 0.1) is 22.3 Å². The second-order valence-electron chi connectivity index (χ2n) is 6.49. The van der Waals surface area contributed by atoms with Crippen molar-refractivity contribution in [2.24, 2.45) is 0 Å². The molecule has 4 heteroatoms. The maximum absolute atomic E-state index is 13.1. The predicted octanol–water partition coefficient (Wildman–Crippen LogP) is 4.50. The van der Waals surface area contributed by atoms with Gasteiger partial charge in [0.1, 0.15) is 0 Å². The molecule has 4 aromatic rings. The minimum absolute atomic E-state index is 0.299. The van der Waals surface area contributed by atoms with E-state index in [0.717, 1.165) is 21.9 Å². The van der Waals surface area contributed by atoms with Gasteiger partial charge in [-0.15, -0.1) is 0 Å². The van der Waals surface area contributed by atoms with Crippen molar-refractivity contribution in [3.05, 3.63) is 83.6 Å². The minimum Gasteiger partial charge on any atom is -0.268 e. The topological polar surface area (TPSA) is 50.3 Å².